The molecule has 0 amide bonds. The molecule has 0 saturated carbocycles. The third-order valence-corrected chi connectivity index (χ3v) is 2.58. The van der Waals surface area contributed by atoms with Crippen molar-refractivity contribution in [3.8, 4) is 11.6 Å². The smallest absolute Gasteiger partial charge is 0.254 e. The minimum atomic E-state index is -0.328. The highest BCUT2D eigenvalue weighted by atomic mass is 19.1. The van der Waals surface area contributed by atoms with Gasteiger partial charge in [-0.05, 0) is 42.3 Å². The summed E-state index contributed by atoms with van der Waals surface area (Å²) in [5.41, 5.74) is 0.547. The van der Waals surface area contributed by atoms with E-state index < -0.39 is 0 Å². The molecule has 0 unspecified atom stereocenters. The number of nitrogens with one attached hydrogen (secondary N) is 1. The van der Waals surface area contributed by atoms with E-state index in [4.69, 9.17) is 4.74 Å². The summed E-state index contributed by atoms with van der Waals surface area (Å²) >= 11 is 0. The highest BCUT2D eigenvalue weighted by Gasteiger charge is 2.06. The van der Waals surface area contributed by atoms with Crippen molar-refractivity contribution in [2.24, 2.45) is 0 Å². The second-order valence-corrected chi connectivity index (χ2v) is 4.32. The maximum atomic E-state index is 12.7. The Morgan fingerprint density at radius 1 is 1.11 bits per heavy atom. The number of ether oxygens (including phenoxy) is 1. The van der Waals surface area contributed by atoms with Gasteiger partial charge in [0.05, 0.1) is 0 Å². The molecule has 4 heteroatoms. The van der Waals surface area contributed by atoms with Gasteiger partial charge < -0.3 is 4.74 Å². The van der Waals surface area contributed by atoms with Crippen LogP contribution in [0.1, 0.15) is 25.3 Å². The minimum absolute atomic E-state index is 0.161. The van der Waals surface area contributed by atoms with Crippen molar-refractivity contribution < 1.29 is 9.13 Å². The molecule has 1 N–H and O–H groups in total. The maximum Gasteiger partial charge on any atom is 0.254 e. The fourth-order valence-electron chi connectivity index (χ4n) is 1.61. The molecule has 94 valence electrons. The van der Waals surface area contributed by atoms with Gasteiger partial charge in [-0.1, -0.05) is 13.8 Å². The lowest BCUT2D eigenvalue weighted by Crippen LogP contribution is -2.13. The Morgan fingerprint density at radius 2 is 1.78 bits per heavy atom. The van der Waals surface area contributed by atoms with Gasteiger partial charge in [-0.25, -0.2) is 4.39 Å². The predicted octanol–water partition coefficient (Wildman–Crippen LogP) is 3.43. The van der Waals surface area contributed by atoms with Crippen molar-refractivity contribution >= 4 is 0 Å². The normalized spacial score (nSPS) is 10.7. The van der Waals surface area contributed by atoms with Gasteiger partial charge in [0.15, 0.2) is 5.88 Å². The highest BCUT2D eigenvalue weighted by molar-refractivity contribution is 5.28. The van der Waals surface area contributed by atoms with Gasteiger partial charge in [0.25, 0.3) is 5.56 Å². The molecule has 2 rings (SSSR count). The summed E-state index contributed by atoms with van der Waals surface area (Å²) in [7, 11) is 0. The Morgan fingerprint density at radius 3 is 2.33 bits per heavy atom. The van der Waals surface area contributed by atoms with Gasteiger partial charge in [-0.2, -0.15) is 0 Å². The first kappa shape index (κ1) is 12.4. The minimum Gasteiger partial charge on any atom is -0.441 e. The number of halogens is 1. The maximum absolute atomic E-state index is 12.7. The summed E-state index contributed by atoms with van der Waals surface area (Å²) in [6.07, 6.45) is 0. The predicted molar refractivity (Wildman–Crippen MR) is 67.6 cm³/mol. The number of hydrogen-bond donors (Lipinski definition) is 1. The topological polar surface area (TPSA) is 42.1 Å². The average molecular weight is 247 g/mol. The molecule has 1 aromatic carbocycles. The van der Waals surface area contributed by atoms with Crippen molar-refractivity contribution in [3.63, 3.8) is 0 Å². The van der Waals surface area contributed by atoms with Crippen LogP contribution in [0.2, 0.25) is 0 Å². The third kappa shape index (κ3) is 2.77. The lowest BCUT2D eigenvalue weighted by molar-refractivity contribution is 0.459. The van der Waals surface area contributed by atoms with Gasteiger partial charge in [0, 0.05) is 5.56 Å². The SMILES string of the molecule is CC(C)c1ccc(Oc2ccc(F)cc2)[nH]c1=O. The standard InChI is InChI=1S/C14H14FNO2/c1-9(2)12-7-8-13(16-14(12)17)18-11-5-3-10(15)4-6-11/h3-9H,1-2H3,(H,16,17). The van der Waals surface area contributed by atoms with E-state index in [9.17, 15) is 9.18 Å². The zero-order valence-corrected chi connectivity index (χ0v) is 10.2. The molecule has 0 bridgehead atoms. The van der Waals surface area contributed by atoms with E-state index in [0.29, 0.717) is 17.2 Å². The van der Waals surface area contributed by atoms with E-state index in [1.807, 2.05) is 13.8 Å². The van der Waals surface area contributed by atoms with Crippen LogP contribution in [-0.2, 0) is 0 Å². The van der Waals surface area contributed by atoms with E-state index in [0.717, 1.165) is 0 Å². The molecule has 0 aliphatic heterocycles. The molecule has 0 spiro atoms. The average Bonchev–Trinajstić information content (AvgIpc) is 2.32. The van der Waals surface area contributed by atoms with E-state index in [1.54, 1.807) is 12.1 Å². The molecular weight excluding hydrogens is 233 g/mol. The number of rotatable bonds is 3. The number of pyridine rings is 1. The summed E-state index contributed by atoms with van der Waals surface area (Å²) < 4.78 is 18.1. The van der Waals surface area contributed by atoms with Crippen LogP contribution in [0.25, 0.3) is 0 Å². The van der Waals surface area contributed by atoms with Crippen LogP contribution < -0.4 is 10.3 Å². The van der Waals surface area contributed by atoms with E-state index in [2.05, 4.69) is 4.98 Å². The Labute approximate surface area is 104 Å². The third-order valence-electron chi connectivity index (χ3n) is 2.58. The number of aromatic amines is 1. The lowest BCUT2D eigenvalue weighted by atomic mass is 10.1. The molecule has 0 radical (unpaired) electrons. The molecule has 2 aromatic rings. The molecule has 0 aliphatic rings. The molecule has 0 fully saturated rings. The first-order chi connectivity index (χ1) is 8.56. The fraction of sp³-hybridized carbons (Fsp3) is 0.214. The molecule has 1 aromatic heterocycles. The molecule has 18 heavy (non-hydrogen) atoms. The number of H-pyrrole nitrogens is 1. The van der Waals surface area contributed by atoms with Crippen molar-refractivity contribution in [2.75, 3.05) is 0 Å². The van der Waals surface area contributed by atoms with Crippen LogP contribution in [0.3, 0.4) is 0 Å². The molecule has 3 nitrogen and oxygen atoms in total. The zero-order valence-electron chi connectivity index (χ0n) is 10.2. The summed E-state index contributed by atoms with van der Waals surface area (Å²) in [4.78, 5) is 14.4. The molecular formula is C14H14FNO2. The van der Waals surface area contributed by atoms with E-state index in [-0.39, 0.29) is 17.3 Å². The van der Waals surface area contributed by atoms with Crippen molar-refractivity contribution in [1.29, 1.82) is 0 Å². The van der Waals surface area contributed by atoms with Crippen molar-refractivity contribution in [2.45, 2.75) is 19.8 Å². The lowest BCUT2D eigenvalue weighted by Gasteiger charge is -2.07. The number of benzene rings is 1. The van der Waals surface area contributed by atoms with Crippen LogP contribution in [0.4, 0.5) is 4.39 Å². The molecule has 1 heterocycles. The van der Waals surface area contributed by atoms with E-state index in [1.165, 1.54) is 24.3 Å². The Bertz CT molecular complexity index is 587. The largest absolute Gasteiger partial charge is 0.441 e. The zero-order chi connectivity index (χ0) is 13.1. The molecule has 0 aliphatic carbocycles. The molecule has 0 atom stereocenters. The summed E-state index contributed by atoms with van der Waals surface area (Å²) in [5, 5.41) is 0. The second-order valence-electron chi connectivity index (χ2n) is 4.32. The summed E-state index contributed by atoms with van der Waals surface area (Å²) in [6, 6.07) is 9.04. The van der Waals surface area contributed by atoms with Crippen LogP contribution in [0.5, 0.6) is 11.6 Å². The van der Waals surface area contributed by atoms with Crippen molar-refractivity contribution in [1.82, 2.24) is 4.98 Å². The van der Waals surface area contributed by atoms with Gasteiger partial charge in [-0.15, -0.1) is 0 Å². The van der Waals surface area contributed by atoms with Gasteiger partial charge >= 0.3 is 0 Å². The Kier molecular flexibility index (Phi) is 3.46. The summed E-state index contributed by atoms with van der Waals surface area (Å²) in [5.74, 6) is 0.653. The quantitative estimate of drug-likeness (QED) is 0.902. The monoisotopic (exact) mass is 247 g/mol. The van der Waals surface area contributed by atoms with Gasteiger partial charge in [-0.3, -0.25) is 9.78 Å². The Hall–Kier alpha value is -2.10. The van der Waals surface area contributed by atoms with Crippen LogP contribution in [0.15, 0.2) is 41.2 Å². The van der Waals surface area contributed by atoms with Gasteiger partial charge in [0.1, 0.15) is 11.6 Å². The summed E-state index contributed by atoms with van der Waals surface area (Å²) in [6.45, 7) is 3.90. The number of aromatic nitrogens is 1. The fourth-order valence-corrected chi connectivity index (χ4v) is 1.61. The highest BCUT2D eigenvalue weighted by Crippen LogP contribution is 2.19. The van der Waals surface area contributed by atoms with Gasteiger partial charge in [0.2, 0.25) is 0 Å². The van der Waals surface area contributed by atoms with Crippen LogP contribution >= 0.6 is 0 Å². The number of hydrogen-bond acceptors (Lipinski definition) is 2. The first-order valence-electron chi connectivity index (χ1n) is 5.73. The van der Waals surface area contributed by atoms with Crippen LogP contribution in [0, 0.1) is 5.82 Å². The van der Waals surface area contributed by atoms with E-state index >= 15 is 0 Å². The van der Waals surface area contributed by atoms with Crippen LogP contribution in [-0.4, -0.2) is 4.98 Å². The molecule has 0 saturated heterocycles. The second kappa shape index (κ2) is 5.04. The van der Waals surface area contributed by atoms with Crippen molar-refractivity contribution in [3.05, 3.63) is 58.1 Å². The first-order valence-corrected chi connectivity index (χ1v) is 5.73. The Balaban J connectivity index is 2.23.